The van der Waals surface area contributed by atoms with Gasteiger partial charge in [0.1, 0.15) is 10.8 Å². The van der Waals surface area contributed by atoms with Crippen molar-refractivity contribution in [1.29, 1.82) is 5.26 Å². The first-order valence-corrected chi connectivity index (χ1v) is 5.39. The van der Waals surface area contributed by atoms with Gasteiger partial charge in [0.05, 0.1) is 12.7 Å². The predicted octanol–water partition coefficient (Wildman–Crippen LogP) is 1.27. The number of hydrogen-bond donors (Lipinski definition) is 0. The lowest BCUT2D eigenvalue weighted by Crippen LogP contribution is -2.14. The molecule has 0 radical (unpaired) electrons. The summed E-state index contributed by atoms with van der Waals surface area (Å²) in [7, 11) is 0. The first-order chi connectivity index (χ1) is 7.22. The largest absolute Gasteiger partial charge is 0.465 e. The van der Waals surface area contributed by atoms with Gasteiger partial charge in [0.2, 0.25) is 0 Å². The predicted molar refractivity (Wildman–Crippen MR) is 54.3 cm³/mol. The molecular weight excluding hydrogens is 214 g/mol. The molecule has 1 rings (SSSR count). The van der Waals surface area contributed by atoms with Crippen LogP contribution in [0.2, 0.25) is 0 Å². The van der Waals surface area contributed by atoms with Gasteiger partial charge in [0.25, 0.3) is 0 Å². The number of aromatic nitrogens is 2. The van der Waals surface area contributed by atoms with Crippen LogP contribution in [-0.2, 0) is 16.0 Å². The van der Waals surface area contributed by atoms with Crippen LogP contribution in [0, 0.1) is 11.3 Å². The van der Waals surface area contributed by atoms with Crippen LogP contribution in [0.25, 0.3) is 0 Å². The quantitative estimate of drug-likeness (QED) is 0.721. The molecule has 15 heavy (non-hydrogen) atoms. The molecule has 0 spiro atoms. The van der Waals surface area contributed by atoms with E-state index < -0.39 is 11.9 Å². The molecule has 0 aromatic carbocycles. The monoisotopic (exact) mass is 225 g/mol. The van der Waals surface area contributed by atoms with Gasteiger partial charge >= 0.3 is 5.97 Å². The van der Waals surface area contributed by atoms with E-state index in [9.17, 15) is 4.79 Å². The Hall–Kier alpha value is -1.48. The van der Waals surface area contributed by atoms with Crippen molar-refractivity contribution in [2.24, 2.45) is 0 Å². The van der Waals surface area contributed by atoms with Crippen LogP contribution in [0.3, 0.4) is 0 Å². The highest BCUT2D eigenvalue weighted by molar-refractivity contribution is 7.05. The minimum atomic E-state index is -0.942. The number of aryl methyl sites for hydroxylation is 1. The fraction of sp³-hybridized carbons (Fsp3) is 0.556. The summed E-state index contributed by atoms with van der Waals surface area (Å²) in [5, 5.41) is 9.26. The first kappa shape index (κ1) is 11.6. The van der Waals surface area contributed by atoms with E-state index in [0.29, 0.717) is 17.3 Å². The zero-order valence-electron chi connectivity index (χ0n) is 8.56. The van der Waals surface area contributed by atoms with Gasteiger partial charge in [-0.05, 0) is 18.5 Å². The summed E-state index contributed by atoms with van der Waals surface area (Å²) in [6.07, 6.45) is 0.692. The Labute approximate surface area is 91.9 Å². The molecule has 0 N–H and O–H groups in total. The number of carbonyl (C=O) groups is 1. The van der Waals surface area contributed by atoms with E-state index in [2.05, 4.69) is 9.36 Å². The molecule has 0 fully saturated rings. The Balaban J connectivity index is 2.83. The average Bonchev–Trinajstić information content (AvgIpc) is 2.68. The second-order valence-corrected chi connectivity index (χ2v) is 3.50. The smallest absolute Gasteiger partial charge is 0.330 e. The molecule has 1 aromatic heterocycles. The van der Waals surface area contributed by atoms with Crippen molar-refractivity contribution in [3.8, 4) is 6.07 Å². The fourth-order valence-electron chi connectivity index (χ4n) is 0.963. The molecule has 1 atom stereocenters. The summed E-state index contributed by atoms with van der Waals surface area (Å²) in [6, 6.07) is 1.87. The topological polar surface area (TPSA) is 75.9 Å². The molecule has 0 aliphatic heterocycles. The average molecular weight is 225 g/mol. The third-order valence-electron chi connectivity index (χ3n) is 1.70. The minimum Gasteiger partial charge on any atom is -0.465 e. The highest BCUT2D eigenvalue weighted by Crippen LogP contribution is 2.18. The minimum absolute atomic E-state index is 0.260. The van der Waals surface area contributed by atoms with Crippen LogP contribution in [0.1, 0.15) is 30.6 Å². The SMILES string of the molecule is CCOC(=O)C(C#N)c1nc(CC)ns1. The van der Waals surface area contributed by atoms with E-state index in [1.165, 1.54) is 0 Å². The van der Waals surface area contributed by atoms with Crippen molar-refractivity contribution in [1.82, 2.24) is 9.36 Å². The van der Waals surface area contributed by atoms with E-state index in [1.807, 2.05) is 13.0 Å². The Morgan fingerprint density at radius 3 is 2.87 bits per heavy atom. The van der Waals surface area contributed by atoms with E-state index in [4.69, 9.17) is 10.00 Å². The Morgan fingerprint density at radius 1 is 1.67 bits per heavy atom. The summed E-state index contributed by atoms with van der Waals surface area (Å²) in [5.74, 6) is -0.846. The van der Waals surface area contributed by atoms with Crippen molar-refractivity contribution >= 4 is 17.5 Å². The van der Waals surface area contributed by atoms with Gasteiger partial charge in [0.15, 0.2) is 5.92 Å². The molecule has 5 nitrogen and oxygen atoms in total. The van der Waals surface area contributed by atoms with Crippen LogP contribution in [0.5, 0.6) is 0 Å². The van der Waals surface area contributed by atoms with Crippen molar-refractivity contribution in [3.05, 3.63) is 10.8 Å². The van der Waals surface area contributed by atoms with Crippen LogP contribution in [0.4, 0.5) is 0 Å². The number of ether oxygens (including phenoxy) is 1. The molecule has 6 heteroatoms. The maximum atomic E-state index is 11.4. The molecule has 1 heterocycles. The van der Waals surface area contributed by atoms with Crippen molar-refractivity contribution in [2.45, 2.75) is 26.2 Å². The third kappa shape index (κ3) is 2.73. The highest BCUT2D eigenvalue weighted by atomic mass is 32.1. The molecule has 0 amide bonds. The van der Waals surface area contributed by atoms with E-state index in [1.54, 1.807) is 6.92 Å². The van der Waals surface area contributed by atoms with Crippen LogP contribution >= 0.6 is 11.5 Å². The van der Waals surface area contributed by atoms with Crippen LogP contribution in [0.15, 0.2) is 0 Å². The van der Waals surface area contributed by atoms with Crippen LogP contribution < -0.4 is 0 Å². The van der Waals surface area contributed by atoms with Crippen molar-refractivity contribution in [3.63, 3.8) is 0 Å². The molecule has 1 aromatic rings. The van der Waals surface area contributed by atoms with Gasteiger partial charge in [0, 0.05) is 6.42 Å². The standard InChI is InChI=1S/C9H11N3O2S/c1-3-7-11-8(15-12-7)6(5-10)9(13)14-4-2/h6H,3-4H2,1-2H3. The lowest BCUT2D eigenvalue weighted by Gasteiger charge is -2.03. The number of nitrogens with zero attached hydrogens (tertiary/aromatic N) is 3. The van der Waals surface area contributed by atoms with Gasteiger partial charge < -0.3 is 4.74 Å². The summed E-state index contributed by atoms with van der Waals surface area (Å²) >= 11 is 1.08. The number of carbonyl (C=O) groups excluding carboxylic acids is 1. The Bertz CT molecular complexity index is 383. The number of hydrogen-bond acceptors (Lipinski definition) is 6. The maximum Gasteiger partial charge on any atom is 0.330 e. The molecule has 0 aliphatic rings. The second-order valence-electron chi connectivity index (χ2n) is 2.72. The third-order valence-corrected chi connectivity index (χ3v) is 2.51. The first-order valence-electron chi connectivity index (χ1n) is 4.61. The molecule has 1 unspecified atom stereocenters. The molecule has 0 saturated heterocycles. The Morgan fingerprint density at radius 2 is 2.40 bits per heavy atom. The zero-order chi connectivity index (χ0) is 11.3. The normalized spacial score (nSPS) is 11.8. The molecular formula is C9H11N3O2S. The number of rotatable bonds is 4. The molecule has 0 bridgehead atoms. The number of esters is 1. The van der Waals surface area contributed by atoms with Gasteiger partial charge in [-0.2, -0.15) is 9.64 Å². The maximum absolute atomic E-state index is 11.4. The number of nitriles is 1. The van der Waals surface area contributed by atoms with Gasteiger partial charge in [-0.25, -0.2) is 4.98 Å². The van der Waals surface area contributed by atoms with Gasteiger partial charge in [-0.3, -0.25) is 4.79 Å². The van der Waals surface area contributed by atoms with E-state index in [0.717, 1.165) is 11.5 Å². The highest BCUT2D eigenvalue weighted by Gasteiger charge is 2.25. The second kappa shape index (κ2) is 5.41. The summed E-state index contributed by atoms with van der Waals surface area (Å²) in [5.41, 5.74) is 0. The van der Waals surface area contributed by atoms with Crippen molar-refractivity contribution < 1.29 is 9.53 Å². The Kier molecular flexibility index (Phi) is 4.18. The zero-order valence-corrected chi connectivity index (χ0v) is 9.37. The summed E-state index contributed by atoms with van der Waals surface area (Å²) in [4.78, 5) is 15.5. The van der Waals surface area contributed by atoms with E-state index >= 15 is 0 Å². The van der Waals surface area contributed by atoms with Crippen molar-refractivity contribution in [2.75, 3.05) is 6.61 Å². The fourth-order valence-corrected chi connectivity index (χ4v) is 1.73. The van der Waals surface area contributed by atoms with E-state index in [-0.39, 0.29) is 6.61 Å². The van der Waals surface area contributed by atoms with Gasteiger partial charge in [-0.1, -0.05) is 6.92 Å². The molecule has 0 saturated carbocycles. The van der Waals surface area contributed by atoms with Gasteiger partial charge in [-0.15, -0.1) is 0 Å². The molecule has 80 valence electrons. The summed E-state index contributed by atoms with van der Waals surface area (Å²) in [6.45, 7) is 3.87. The lowest BCUT2D eigenvalue weighted by atomic mass is 10.2. The van der Waals surface area contributed by atoms with Crippen LogP contribution in [-0.4, -0.2) is 21.9 Å². The summed E-state index contributed by atoms with van der Waals surface area (Å²) < 4.78 is 8.79. The molecule has 0 aliphatic carbocycles. The lowest BCUT2D eigenvalue weighted by molar-refractivity contribution is -0.143.